The summed E-state index contributed by atoms with van der Waals surface area (Å²) >= 11 is 0. The molecule has 5 heteroatoms. The van der Waals surface area contributed by atoms with Crippen molar-refractivity contribution in [2.24, 2.45) is 0 Å². The van der Waals surface area contributed by atoms with Crippen molar-refractivity contribution >= 4 is 5.97 Å². The fraction of sp³-hybridized carbons (Fsp3) is 0.250. The topological polar surface area (TPSA) is 68.0 Å². The van der Waals surface area contributed by atoms with E-state index >= 15 is 0 Å². The molecule has 0 saturated heterocycles. The average molecular weight is 229 g/mol. The highest BCUT2D eigenvalue weighted by Gasteiger charge is 2.27. The van der Waals surface area contributed by atoms with Crippen LogP contribution in [0.5, 0.6) is 0 Å². The van der Waals surface area contributed by atoms with E-state index in [1.165, 1.54) is 0 Å². The minimum absolute atomic E-state index is 0.266. The summed E-state index contributed by atoms with van der Waals surface area (Å²) in [5.41, 5.74) is 0.895. The van der Waals surface area contributed by atoms with Crippen LogP contribution in [0.2, 0.25) is 0 Å². The van der Waals surface area contributed by atoms with Gasteiger partial charge in [0.05, 0.1) is 5.56 Å². The molecule has 86 valence electrons. The van der Waals surface area contributed by atoms with Gasteiger partial charge in [0, 0.05) is 11.6 Å². The van der Waals surface area contributed by atoms with Gasteiger partial charge in [-0.05, 0) is 18.9 Å². The Kier molecular flexibility index (Phi) is 2.18. The SMILES string of the molecule is O=C(O)c1ccccc1-c1nncn1C1CC1. The summed E-state index contributed by atoms with van der Waals surface area (Å²) in [5, 5.41) is 17.1. The second-order valence-electron chi connectivity index (χ2n) is 4.14. The number of aromatic carboxylic acids is 1. The first-order valence-corrected chi connectivity index (χ1v) is 5.49. The van der Waals surface area contributed by atoms with Crippen molar-refractivity contribution in [3.8, 4) is 11.4 Å². The van der Waals surface area contributed by atoms with Crippen molar-refractivity contribution in [3.05, 3.63) is 36.2 Å². The van der Waals surface area contributed by atoms with Gasteiger partial charge < -0.3 is 9.67 Å². The molecule has 0 unspecified atom stereocenters. The first-order chi connectivity index (χ1) is 8.27. The smallest absolute Gasteiger partial charge is 0.336 e. The van der Waals surface area contributed by atoms with Crippen molar-refractivity contribution in [1.82, 2.24) is 14.8 Å². The van der Waals surface area contributed by atoms with Crippen LogP contribution in [0.3, 0.4) is 0 Å². The van der Waals surface area contributed by atoms with Crippen LogP contribution in [-0.4, -0.2) is 25.8 Å². The van der Waals surface area contributed by atoms with Crippen LogP contribution in [0.1, 0.15) is 29.2 Å². The molecule has 2 aromatic rings. The van der Waals surface area contributed by atoms with E-state index in [-0.39, 0.29) is 5.56 Å². The molecule has 1 aliphatic carbocycles. The quantitative estimate of drug-likeness (QED) is 0.873. The van der Waals surface area contributed by atoms with E-state index in [1.54, 1.807) is 24.5 Å². The maximum absolute atomic E-state index is 11.2. The van der Waals surface area contributed by atoms with Gasteiger partial charge in [-0.2, -0.15) is 0 Å². The number of nitrogens with zero attached hydrogens (tertiary/aromatic N) is 3. The van der Waals surface area contributed by atoms with Crippen LogP contribution < -0.4 is 0 Å². The molecule has 3 rings (SSSR count). The van der Waals surface area contributed by atoms with E-state index in [0.29, 0.717) is 17.4 Å². The standard InChI is InChI=1S/C12H11N3O2/c16-12(17)10-4-2-1-3-9(10)11-14-13-7-15(11)8-5-6-8/h1-4,7-8H,5-6H2,(H,16,17). The Morgan fingerprint density at radius 2 is 2.12 bits per heavy atom. The molecular formula is C12H11N3O2. The number of carboxylic acids is 1. The van der Waals surface area contributed by atoms with Gasteiger partial charge >= 0.3 is 5.97 Å². The highest BCUT2D eigenvalue weighted by Crippen LogP contribution is 2.37. The zero-order valence-electron chi connectivity index (χ0n) is 9.08. The zero-order chi connectivity index (χ0) is 11.8. The number of carboxylic acid groups (broad SMARTS) is 1. The molecule has 0 radical (unpaired) electrons. The molecule has 0 atom stereocenters. The zero-order valence-corrected chi connectivity index (χ0v) is 9.08. The lowest BCUT2D eigenvalue weighted by molar-refractivity contribution is 0.0697. The predicted octanol–water partition coefficient (Wildman–Crippen LogP) is 1.98. The Morgan fingerprint density at radius 1 is 1.35 bits per heavy atom. The summed E-state index contributed by atoms with van der Waals surface area (Å²) in [6.45, 7) is 0. The van der Waals surface area contributed by atoms with E-state index in [4.69, 9.17) is 5.11 Å². The lowest BCUT2D eigenvalue weighted by Gasteiger charge is -2.07. The Labute approximate surface area is 97.7 Å². The summed E-state index contributed by atoms with van der Waals surface area (Å²) < 4.78 is 1.96. The third kappa shape index (κ3) is 1.69. The normalized spacial score (nSPS) is 14.8. The van der Waals surface area contributed by atoms with Gasteiger partial charge in [0.1, 0.15) is 6.33 Å². The summed E-state index contributed by atoms with van der Waals surface area (Å²) in [6, 6.07) is 7.32. The number of hydrogen-bond acceptors (Lipinski definition) is 3. The molecular weight excluding hydrogens is 218 g/mol. The number of rotatable bonds is 3. The van der Waals surface area contributed by atoms with Crippen LogP contribution in [0, 0.1) is 0 Å². The van der Waals surface area contributed by atoms with Crippen LogP contribution in [0.15, 0.2) is 30.6 Å². The molecule has 1 aliphatic rings. The molecule has 5 nitrogen and oxygen atoms in total. The van der Waals surface area contributed by atoms with Crippen molar-refractivity contribution in [3.63, 3.8) is 0 Å². The van der Waals surface area contributed by atoms with Gasteiger partial charge in [0.25, 0.3) is 0 Å². The first-order valence-electron chi connectivity index (χ1n) is 5.49. The number of carbonyl (C=O) groups is 1. The summed E-state index contributed by atoms with van der Waals surface area (Å²) in [6.07, 6.45) is 3.90. The van der Waals surface area contributed by atoms with Crippen LogP contribution >= 0.6 is 0 Å². The largest absolute Gasteiger partial charge is 0.478 e. The van der Waals surface area contributed by atoms with E-state index in [0.717, 1.165) is 12.8 Å². The highest BCUT2D eigenvalue weighted by molar-refractivity contribution is 5.94. The molecule has 0 spiro atoms. The van der Waals surface area contributed by atoms with Gasteiger partial charge in [-0.15, -0.1) is 10.2 Å². The van der Waals surface area contributed by atoms with Gasteiger partial charge in [-0.3, -0.25) is 0 Å². The van der Waals surface area contributed by atoms with Gasteiger partial charge in [0.2, 0.25) is 0 Å². The maximum Gasteiger partial charge on any atom is 0.336 e. The second kappa shape index (κ2) is 3.69. The minimum Gasteiger partial charge on any atom is -0.478 e. The molecule has 0 aliphatic heterocycles. The Balaban J connectivity index is 2.14. The predicted molar refractivity (Wildman–Crippen MR) is 60.7 cm³/mol. The van der Waals surface area contributed by atoms with Gasteiger partial charge in [-0.1, -0.05) is 18.2 Å². The minimum atomic E-state index is -0.939. The number of benzene rings is 1. The van der Waals surface area contributed by atoms with Gasteiger partial charge in [0.15, 0.2) is 5.82 Å². The highest BCUT2D eigenvalue weighted by atomic mass is 16.4. The molecule has 1 fully saturated rings. The van der Waals surface area contributed by atoms with Crippen molar-refractivity contribution < 1.29 is 9.90 Å². The fourth-order valence-electron chi connectivity index (χ4n) is 1.92. The summed E-state index contributed by atoms with van der Waals surface area (Å²) in [5.74, 6) is -0.295. The van der Waals surface area contributed by atoms with E-state index < -0.39 is 5.97 Å². The third-order valence-corrected chi connectivity index (χ3v) is 2.91. The van der Waals surface area contributed by atoms with Gasteiger partial charge in [-0.25, -0.2) is 4.79 Å². The monoisotopic (exact) mass is 229 g/mol. The second-order valence-corrected chi connectivity index (χ2v) is 4.14. The summed E-state index contributed by atoms with van der Waals surface area (Å²) in [4.78, 5) is 11.2. The molecule has 1 aromatic heterocycles. The lowest BCUT2D eigenvalue weighted by Crippen LogP contribution is -2.03. The molecule has 1 saturated carbocycles. The first kappa shape index (κ1) is 10.0. The lowest BCUT2D eigenvalue weighted by atomic mass is 10.1. The summed E-state index contributed by atoms with van der Waals surface area (Å²) in [7, 11) is 0. The van der Waals surface area contributed by atoms with E-state index in [9.17, 15) is 4.79 Å². The Hall–Kier alpha value is -2.17. The number of aromatic nitrogens is 3. The maximum atomic E-state index is 11.2. The molecule has 1 heterocycles. The van der Waals surface area contributed by atoms with Crippen molar-refractivity contribution in [2.75, 3.05) is 0 Å². The van der Waals surface area contributed by atoms with E-state index in [2.05, 4.69) is 10.2 Å². The molecule has 0 amide bonds. The van der Waals surface area contributed by atoms with Crippen LogP contribution in [0.25, 0.3) is 11.4 Å². The van der Waals surface area contributed by atoms with Crippen molar-refractivity contribution in [2.45, 2.75) is 18.9 Å². The van der Waals surface area contributed by atoms with Crippen LogP contribution in [-0.2, 0) is 0 Å². The molecule has 1 N–H and O–H groups in total. The Morgan fingerprint density at radius 3 is 2.82 bits per heavy atom. The molecule has 1 aromatic carbocycles. The average Bonchev–Trinajstić information content (AvgIpc) is 3.07. The van der Waals surface area contributed by atoms with E-state index in [1.807, 2.05) is 10.6 Å². The fourth-order valence-corrected chi connectivity index (χ4v) is 1.92. The number of hydrogen-bond donors (Lipinski definition) is 1. The van der Waals surface area contributed by atoms with Crippen molar-refractivity contribution in [1.29, 1.82) is 0 Å². The molecule has 0 bridgehead atoms. The Bertz CT molecular complexity index is 573. The third-order valence-electron chi connectivity index (χ3n) is 2.91. The van der Waals surface area contributed by atoms with Crippen LogP contribution in [0.4, 0.5) is 0 Å². The molecule has 17 heavy (non-hydrogen) atoms.